The van der Waals surface area contributed by atoms with Gasteiger partial charge in [-0.1, -0.05) is 23.7 Å². The number of hydrogen-bond donors (Lipinski definition) is 1. The Morgan fingerprint density at radius 1 is 1.33 bits per heavy atom. The molecule has 0 atom stereocenters. The number of carbonyl (C=O) groups excluding carboxylic acids is 1. The van der Waals surface area contributed by atoms with Crippen molar-refractivity contribution >= 4 is 17.5 Å². The monoisotopic (exact) mass is 311 g/mol. The van der Waals surface area contributed by atoms with Crippen LogP contribution in [0.1, 0.15) is 25.7 Å². The van der Waals surface area contributed by atoms with Gasteiger partial charge in [0.1, 0.15) is 5.75 Å². The summed E-state index contributed by atoms with van der Waals surface area (Å²) >= 11 is 5.99. The minimum atomic E-state index is 0.175. The number of nitrogens with zero attached hydrogens (tertiary/aromatic N) is 1. The number of para-hydroxylation sites is 1. The molecule has 0 aliphatic carbocycles. The maximum Gasteiger partial charge on any atom is 0.222 e. The second-order valence-electron chi connectivity index (χ2n) is 5.39. The number of amides is 1. The molecule has 5 heteroatoms. The minimum Gasteiger partial charge on any atom is -0.492 e. The van der Waals surface area contributed by atoms with Crippen molar-refractivity contribution in [3.63, 3.8) is 0 Å². The number of aliphatic hydroxyl groups is 1. The highest BCUT2D eigenvalue weighted by Gasteiger charge is 2.21. The van der Waals surface area contributed by atoms with Crippen LogP contribution in [0, 0.1) is 5.92 Å². The smallest absolute Gasteiger partial charge is 0.222 e. The molecule has 0 aromatic heterocycles. The summed E-state index contributed by atoms with van der Waals surface area (Å²) in [7, 11) is 0. The van der Waals surface area contributed by atoms with Crippen LogP contribution in [-0.2, 0) is 4.79 Å². The van der Waals surface area contributed by atoms with Gasteiger partial charge in [0.2, 0.25) is 5.91 Å². The van der Waals surface area contributed by atoms with E-state index in [4.69, 9.17) is 21.4 Å². The third-order valence-corrected chi connectivity index (χ3v) is 4.17. The van der Waals surface area contributed by atoms with Gasteiger partial charge in [0.25, 0.3) is 0 Å². The molecule has 1 amide bonds. The zero-order chi connectivity index (χ0) is 15.1. The molecule has 1 aliphatic heterocycles. The highest BCUT2D eigenvalue weighted by molar-refractivity contribution is 6.32. The summed E-state index contributed by atoms with van der Waals surface area (Å²) in [5.41, 5.74) is 0. The van der Waals surface area contributed by atoms with Crippen molar-refractivity contribution in [2.75, 3.05) is 26.3 Å². The molecule has 116 valence electrons. The molecule has 0 unspecified atom stereocenters. The van der Waals surface area contributed by atoms with Crippen molar-refractivity contribution < 1.29 is 14.6 Å². The molecule has 1 heterocycles. The van der Waals surface area contributed by atoms with Crippen molar-refractivity contribution in [2.45, 2.75) is 25.7 Å². The Morgan fingerprint density at radius 3 is 2.71 bits per heavy atom. The normalized spacial score (nSPS) is 16.0. The predicted octanol–water partition coefficient (Wildman–Crippen LogP) is 2.73. The Labute approximate surface area is 130 Å². The molecule has 0 saturated carbocycles. The van der Waals surface area contributed by atoms with Gasteiger partial charge in [-0.15, -0.1) is 0 Å². The largest absolute Gasteiger partial charge is 0.492 e. The van der Waals surface area contributed by atoms with E-state index >= 15 is 0 Å². The van der Waals surface area contributed by atoms with Crippen molar-refractivity contribution in [3.8, 4) is 5.75 Å². The first kappa shape index (κ1) is 16.1. The van der Waals surface area contributed by atoms with Crippen LogP contribution >= 0.6 is 11.6 Å². The second kappa shape index (κ2) is 8.25. The summed E-state index contributed by atoms with van der Waals surface area (Å²) < 4.78 is 5.57. The summed E-state index contributed by atoms with van der Waals surface area (Å²) in [5, 5.41) is 9.68. The number of piperidine rings is 1. The van der Waals surface area contributed by atoms with Crippen molar-refractivity contribution in [2.24, 2.45) is 5.92 Å². The highest BCUT2D eigenvalue weighted by Crippen LogP contribution is 2.23. The lowest BCUT2D eigenvalue weighted by Crippen LogP contribution is -2.39. The van der Waals surface area contributed by atoms with Gasteiger partial charge in [-0.3, -0.25) is 4.79 Å². The SMILES string of the molecule is O=C(CCCOc1ccccc1Cl)N1CCC(CO)CC1. The molecule has 1 N–H and O–H groups in total. The zero-order valence-corrected chi connectivity index (χ0v) is 12.9. The van der Waals surface area contributed by atoms with Crippen LogP contribution in [-0.4, -0.2) is 42.2 Å². The topological polar surface area (TPSA) is 49.8 Å². The fourth-order valence-corrected chi connectivity index (χ4v) is 2.68. The molecule has 1 aromatic rings. The number of halogens is 1. The van der Waals surface area contributed by atoms with Crippen molar-refractivity contribution in [1.29, 1.82) is 0 Å². The Balaban J connectivity index is 1.65. The number of likely N-dealkylation sites (tertiary alicyclic amines) is 1. The number of rotatable bonds is 6. The van der Waals surface area contributed by atoms with Gasteiger partial charge in [-0.2, -0.15) is 0 Å². The first-order chi connectivity index (χ1) is 10.2. The Kier molecular flexibility index (Phi) is 6.33. The molecule has 1 aromatic carbocycles. The fourth-order valence-electron chi connectivity index (χ4n) is 2.49. The maximum atomic E-state index is 12.1. The van der Waals surface area contributed by atoms with Crippen LogP contribution in [0.4, 0.5) is 0 Å². The summed E-state index contributed by atoms with van der Waals surface area (Å²) in [6.45, 7) is 2.24. The lowest BCUT2D eigenvalue weighted by atomic mass is 9.97. The van der Waals surface area contributed by atoms with Crippen molar-refractivity contribution in [1.82, 2.24) is 4.90 Å². The molecule has 1 aliphatic rings. The van der Waals surface area contributed by atoms with Gasteiger partial charge < -0.3 is 14.7 Å². The lowest BCUT2D eigenvalue weighted by molar-refractivity contribution is -0.133. The number of hydrogen-bond acceptors (Lipinski definition) is 3. The van der Waals surface area contributed by atoms with E-state index in [9.17, 15) is 4.79 Å². The van der Waals surface area contributed by atoms with E-state index in [-0.39, 0.29) is 12.5 Å². The number of benzene rings is 1. The van der Waals surface area contributed by atoms with Gasteiger partial charge in [-0.05, 0) is 37.3 Å². The van der Waals surface area contributed by atoms with E-state index in [1.807, 2.05) is 23.1 Å². The van der Waals surface area contributed by atoms with E-state index in [0.29, 0.717) is 36.1 Å². The van der Waals surface area contributed by atoms with Gasteiger partial charge in [0, 0.05) is 26.1 Å². The summed E-state index contributed by atoms with van der Waals surface area (Å²) in [6, 6.07) is 7.34. The van der Waals surface area contributed by atoms with E-state index in [1.165, 1.54) is 0 Å². The Hall–Kier alpha value is -1.26. The molecular formula is C16H22ClNO3. The highest BCUT2D eigenvalue weighted by atomic mass is 35.5. The quantitative estimate of drug-likeness (QED) is 0.822. The van der Waals surface area contributed by atoms with Crippen LogP contribution in [0.25, 0.3) is 0 Å². The maximum absolute atomic E-state index is 12.1. The second-order valence-corrected chi connectivity index (χ2v) is 5.80. The van der Waals surface area contributed by atoms with Crippen LogP contribution < -0.4 is 4.74 Å². The lowest BCUT2D eigenvalue weighted by Gasteiger charge is -2.31. The van der Waals surface area contributed by atoms with E-state index in [0.717, 1.165) is 25.9 Å². The van der Waals surface area contributed by atoms with Crippen LogP contribution in [0.5, 0.6) is 5.75 Å². The molecule has 4 nitrogen and oxygen atoms in total. The molecule has 2 rings (SSSR count). The average molecular weight is 312 g/mol. The van der Waals surface area contributed by atoms with Gasteiger partial charge in [-0.25, -0.2) is 0 Å². The fraction of sp³-hybridized carbons (Fsp3) is 0.562. The molecule has 21 heavy (non-hydrogen) atoms. The van der Waals surface area contributed by atoms with E-state index in [2.05, 4.69) is 0 Å². The number of aliphatic hydroxyl groups excluding tert-OH is 1. The molecule has 1 saturated heterocycles. The molecule has 0 radical (unpaired) electrons. The third-order valence-electron chi connectivity index (χ3n) is 3.85. The molecular weight excluding hydrogens is 290 g/mol. The van der Waals surface area contributed by atoms with Crippen LogP contribution in [0.15, 0.2) is 24.3 Å². The number of carbonyl (C=O) groups is 1. The standard InChI is InChI=1S/C16H22ClNO3/c17-14-4-1-2-5-15(14)21-11-3-6-16(20)18-9-7-13(12-19)8-10-18/h1-2,4-5,13,19H,3,6-12H2. The summed E-state index contributed by atoms with van der Waals surface area (Å²) in [6.07, 6.45) is 2.98. The van der Waals surface area contributed by atoms with Gasteiger partial charge >= 0.3 is 0 Å². The number of ether oxygens (including phenoxy) is 1. The van der Waals surface area contributed by atoms with Gasteiger partial charge in [0.15, 0.2) is 0 Å². The van der Waals surface area contributed by atoms with Crippen LogP contribution in [0.3, 0.4) is 0 Å². The van der Waals surface area contributed by atoms with Crippen LogP contribution in [0.2, 0.25) is 5.02 Å². The molecule has 0 bridgehead atoms. The van der Waals surface area contributed by atoms with Gasteiger partial charge in [0.05, 0.1) is 11.6 Å². The average Bonchev–Trinajstić information content (AvgIpc) is 2.53. The van der Waals surface area contributed by atoms with Crippen molar-refractivity contribution in [3.05, 3.63) is 29.3 Å². The summed E-state index contributed by atoms with van der Waals surface area (Å²) in [5.74, 6) is 1.20. The first-order valence-corrected chi connectivity index (χ1v) is 7.84. The van der Waals surface area contributed by atoms with E-state index < -0.39 is 0 Å². The third kappa shape index (κ3) is 4.90. The predicted molar refractivity (Wildman–Crippen MR) is 82.6 cm³/mol. The molecule has 0 spiro atoms. The Bertz CT molecular complexity index is 459. The summed E-state index contributed by atoms with van der Waals surface area (Å²) in [4.78, 5) is 13.9. The van der Waals surface area contributed by atoms with E-state index in [1.54, 1.807) is 6.07 Å². The Morgan fingerprint density at radius 2 is 2.05 bits per heavy atom. The first-order valence-electron chi connectivity index (χ1n) is 7.46. The minimum absolute atomic E-state index is 0.175. The zero-order valence-electron chi connectivity index (χ0n) is 12.1. The molecule has 1 fully saturated rings.